The molecule has 0 bridgehead atoms. The first-order valence-corrected chi connectivity index (χ1v) is 9.89. The Hall–Kier alpha value is -1.78. The number of amides is 2. The third-order valence-electron chi connectivity index (χ3n) is 5.35. The predicted molar refractivity (Wildman–Crippen MR) is 98.8 cm³/mol. The minimum atomic E-state index is 0.0729. The Bertz CT molecular complexity index is 577. The molecule has 25 heavy (non-hydrogen) atoms. The van der Waals surface area contributed by atoms with Crippen molar-refractivity contribution in [2.75, 3.05) is 13.1 Å². The fourth-order valence-electron chi connectivity index (χ4n) is 3.55. The van der Waals surface area contributed by atoms with Gasteiger partial charge in [-0.2, -0.15) is 0 Å². The number of nitrogens with zero attached hydrogens (tertiary/aromatic N) is 1. The van der Waals surface area contributed by atoms with Crippen molar-refractivity contribution in [1.82, 2.24) is 15.5 Å². The number of hydrogen-bond acceptors (Lipinski definition) is 3. The highest BCUT2D eigenvalue weighted by Gasteiger charge is 2.34. The van der Waals surface area contributed by atoms with Crippen LogP contribution >= 0.6 is 0 Å². The van der Waals surface area contributed by atoms with Crippen molar-refractivity contribution < 1.29 is 9.59 Å². The molecule has 3 aliphatic rings. The van der Waals surface area contributed by atoms with Gasteiger partial charge in [-0.3, -0.25) is 9.59 Å². The number of allylic oxidation sites excluding steroid dienone is 2. The van der Waals surface area contributed by atoms with Crippen molar-refractivity contribution in [3.8, 4) is 0 Å². The molecule has 2 N–H and O–H groups in total. The van der Waals surface area contributed by atoms with Crippen molar-refractivity contribution in [3.05, 3.63) is 23.4 Å². The van der Waals surface area contributed by atoms with Gasteiger partial charge < -0.3 is 15.5 Å². The van der Waals surface area contributed by atoms with Crippen LogP contribution in [0, 0.1) is 5.92 Å². The average Bonchev–Trinajstić information content (AvgIpc) is 3.39. The van der Waals surface area contributed by atoms with Crippen molar-refractivity contribution in [2.24, 2.45) is 5.92 Å². The maximum absolute atomic E-state index is 12.9. The summed E-state index contributed by atoms with van der Waals surface area (Å²) < 4.78 is 0. The van der Waals surface area contributed by atoms with E-state index in [1.807, 2.05) is 11.0 Å². The smallest absolute Gasteiger partial charge is 0.270 e. The monoisotopic (exact) mass is 345 g/mol. The highest BCUT2D eigenvalue weighted by molar-refractivity contribution is 5.94. The van der Waals surface area contributed by atoms with E-state index in [9.17, 15) is 9.59 Å². The van der Waals surface area contributed by atoms with Crippen LogP contribution in [0.2, 0.25) is 0 Å². The van der Waals surface area contributed by atoms with E-state index < -0.39 is 0 Å². The van der Waals surface area contributed by atoms with Crippen LogP contribution in [0.25, 0.3) is 0 Å². The Morgan fingerprint density at radius 2 is 2.08 bits per heavy atom. The topological polar surface area (TPSA) is 61.4 Å². The second-order valence-corrected chi connectivity index (χ2v) is 7.58. The van der Waals surface area contributed by atoms with Gasteiger partial charge in [-0.25, -0.2) is 0 Å². The van der Waals surface area contributed by atoms with Gasteiger partial charge in [-0.05, 0) is 50.2 Å². The molecule has 2 atom stereocenters. The molecule has 0 radical (unpaired) electrons. The summed E-state index contributed by atoms with van der Waals surface area (Å²) in [5.74, 6) is 0.470. The summed E-state index contributed by atoms with van der Waals surface area (Å²) >= 11 is 0. The van der Waals surface area contributed by atoms with E-state index in [-0.39, 0.29) is 29.8 Å². The van der Waals surface area contributed by atoms with Gasteiger partial charge in [0, 0.05) is 31.1 Å². The van der Waals surface area contributed by atoms with E-state index in [4.69, 9.17) is 0 Å². The number of rotatable bonds is 7. The molecule has 2 fully saturated rings. The Morgan fingerprint density at radius 3 is 2.76 bits per heavy atom. The minimum absolute atomic E-state index is 0.0729. The molecular formula is C20H31N3O2. The van der Waals surface area contributed by atoms with E-state index in [0.717, 1.165) is 57.2 Å². The lowest BCUT2D eigenvalue weighted by molar-refractivity contribution is -0.127. The molecule has 1 saturated carbocycles. The van der Waals surface area contributed by atoms with E-state index in [1.165, 1.54) is 5.57 Å². The molecule has 1 unspecified atom stereocenters. The number of dihydropyridines is 1. The summed E-state index contributed by atoms with van der Waals surface area (Å²) in [6.07, 6.45) is 11.5. The van der Waals surface area contributed by atoms with Gasteiger partial charge in [-0.1, -0.05) is 26.3 Å². The Labute approximate surface area is 150 Å². The quantitative estimate of drug-likeness (QED) is 0.745. The van der Waals surface area contributed by atoms with E-state index in [2.05, 4.69) is 30.6 Å². The first kappa shape index (κ1) is 18.0. The van der Waals surface area contributed by atoms with Crippen LogP contribution in [0.5, 0.6) is 0 Å². The second-order valence-electron chi connectivity index (χ2n) is 7.58. The first-order valence-electron chi connectivity index (χ1n) is 9.89. The van der Waals surface area contributed by atoms with Crippen molar-refractivity contribution in [3.63, 3.8) is 0 Å². The minimum Gasteiger partial charge on any atom is -0.374 e. The molecule has 5 nitrogen and oxygen atoms in total. The summed E-state index contributed by atoms with van der Waals surface area (Å²) in [4.78, 5) is 26.7. The molecule has 3 rings (SSSR count). The SMILES string of the molecule is CCCCC1=C[C@H](CC)NC(C(=O)N2CCC(NC(=O)C3CC3)C2)=C1. The van der Waals surface area contributed by atoms with Gasteiger partial charge in [0.15, 0.2) is 0 Å². The molecule has 0 aromatic rings. The molecule has 138 valence electrons. The zero-order valence-electron chi connectivity index (χ0n) is 15.5. The average molecular weight is 345 g/mol. The molecule has 5 heteroatoms. The van der Waals surface area contributed by atoms with Crippen LogP contribution < -0.4 is 10.6 Å². The van der Waals surface area contributed by atoms with Gasteiger partial charge in [0.05, 0.1) is 0 Å². The molecular weight excluding hydrogens is 314 g/mol. The number of carbonyl (C=O) groups is 2. The maximum Gasteiger partial charge on any atom is 0.270 e. The highest BCUT2D eigenvalue weighted by atomic mass is 16.2. The van der Waals surface area contributed by atoms with Gasteiger partial charge in [0.1, 0.15) is 5.70 Å². The number of nitrogens with one attached hydrogen (secondary N) is 2. The maximum atomic E-state index is 12.9. The van der Waals surface area contributed by atoms with Crippen LogP contribution in [0.1, 0.15) is 58.8 Å². The molecule has 2 heterocycles. The molecule has 2 amide bonds. The molecule has 1 saturated heterocycles. The van der Waals surface area contributed by atoms with Crippen LogP contribution in [0.4, 0.5) is 0 Å². The molecule has 0 aromatic carbocycles. The summed E-state index contributed by atoms with van der Waals surface area (Å²) in [5.41, 5.74) is 1.99. The third kappa shape index (κ3) is 4.65. The second kappa shape index (κ2) is 8.07. The highest BCUT2D eigenvalue weighted by Crippen LogP contribution is 2.29. The first-order chi connectivity index (χ1) is 12.1. The van der Waals surface area contributed by atoms with Crippen LogP contribution in [-0.4, -0.2) is 41.9 Å². The number of hydrogen-bond donors (Lipinski definition) is 2. The summed E-state index contributed by atoms with van der Waals surface area (Å²) in [7, 11) is 0. The van der Waals surface area contributed by atoms with Crippen molar-refractivity contribution in [1.29, 1.82) is 0 Å². The number of carbonyl (C=O) groups excluding carboxylic acids is 2. The number of likely N-dealkylation sites (tertiary alicyclic amines) is 1. The normalized spacial score (nSPS) is 25.9. The third-order valence-corrected chi connectivity index (χ3v) is 5.35. The molecule has 0 spiro atoms. The lowest BCUT2D eigenvalue weighted by Crippen LogP contribution is -2.42. The zero-order chi connectivity index (χ0) is 17.8. The van der Waals surface area contributed by atoms with Gasteiger partial charge in [0.25, 0.3) is 5.91 Å². The fourth-order valence-corrected chi connectivity index (χ4v) is 3.55. The van der Waals surface area contributed by atoms with Crippen LogP contribution in [-0.2, 0) is 9.59 Å². The summed E-state index contributed by atoms with van der Waals surface area (Å²) in [5, 5.41) is 6.48. The lowest BCUT2D eigenvalue weighted by Gasteiger charge is -2.26. The van der Waals surface area contributed by atoms with E-state index in [1.54, 1.807) is 0 Å². The predicted octanol–water partition coefficient (Wildman–Crippen LogP) is 2.50. The Balaban J connectivity index is 1.58. The van der Waals surface area contributed by atoms with E-state index in [0.29, 0.717) is 6.54 Å². The molecule has 1 aliphatic carbocycles. The summed E-state index contributed by atoms with van der Waals surface area (Å²) in [6.45, 7) is 5.67. The zero-order valence-corrected chi connectivity index (χ0v) is 15.5. The standard InChI is InChI=1S/C20H31N3O2/c1-3-5-6-14-11-16(4-2)21-18(12-14)20(25)23-10-9-17(13-23)22-19(24)15-7-8-15/h11-12,15-17,21H,3-10,13H2,1-2H3,(H,22,24)/t16-,17?/m0/s1. The lowest BCUT2D eigenvalue weighted by atomic mass is 9.99. The van der Waals surface area contributed by atoms with Crippen LogP contribution in [0.15, 0.2) is 23.4 Å². The summed E-state index contributed by atoms with van der Waals surface area (Å²) in [6, 6.07) is 0.349. The Kier molecular flexibility index (Phi) is 5.82. The van der Waals surface area contributed by atoms with Crippen molar-refractivity contribution in [2.45, 2.75) is 70.9 Å². The van der Waals surface area contributed by atoms with Gasteiger partial charge >= 0.3 is 0 Å². The van der Waals surface area contributed by atoms with Gasteiger partial charge in [-0.15, -0.1) is 0 Å². The van der Waals surface area contributed by atoms with Crippen molar-refractivity contribution >= 4 is 11.8 Å². The van der Waals surface area contributed by atoms with Crippen LogP contribution in [0.3, 0.4) is 0 Å². The Morgan fingerprint density at radius 1 is 1.28 bits per heavy atom. The molecule has 2 aliphatic heterocycles. The fraction of sp³-hybridized carbons (Fsp3) is 0.700. The van der Waals surface area contributed by atoms with E-state index >= 15 is 0 Å². The molecule has 0 aromatic heterocycles. The number of unbranched alkanes of at least 4 members (excludes halogenated alkanes) is 1. The van der Waals surface area contributed by atoms with Gasteiger partial charge in [0.2, 0.25) is 5.91 Å². The largest absolute Gasteiger partial charge is 0.374 e.